The molecule has 3 heteroatoms. The molecule has 0 bridgehead atoms. The molecule has 0 aromatic carbocycles. The number of hydrogen-bond donors (Lipinski definition) is 2. The number of carbonyl (C=O) groups is 1. The van der Waals surface area contributed by atoms with Gasteiger partial charge < -0.3 is 11.1 Å². The first-order valence-corrected chi connectivity index (χ1v) is 4.04. The van der Waals surface area contributed by atoms with Gasteiger partial charge in [-0.1, -0.05) is 18.2 Å². The Bertz CT molecular complexity index is 173. The Morgan fingerprint density at radius 1 is 1.58 bits per heavy atom. The van der Waals surface area contributed by atoms with Crippen molar-refractivity contribution in [3.63, 3.8) is 0 Å². The van der Waals surface area contributed by atoms with E-state index in [-0.39, 0.29) is 0 Å². The predicted octanol–water partition coefficient (Wildman–Crippen LogP) is 0.584. The molecular weight excluding hydrogens is 152 g/mol. The van der Waals surface area contributed by atoms with Crippen molar-refractivity contribution in [1.29, 1.82) is 0 Å². The van der Waals surface area contributed by atoms with Crippen molar-refractivity contribution in [3.05, 3.63) is 23.8 Å². The Balaban J connectivity index is 3.75. The Labute approximate surface area is 73.3 Å². The van der Waals surface area contributed by atoms with Crippen LogP contribution in [0.2, 0.25) is 0 Å². The van der Waals surface area contributed by atoms with Gasteiger partial charge in [-0.25, -0.2) is 0 Å². The predicted molar refractivity (Wildman–Crippen MR) is 50.6 cm³/mol. The maximum Gasteiger partial charge on any atom is 0.207 e. The van der Waals surface area contributed by atoms with Gasteiger partial charge in [0.25, 0.3) is 0 Å². The lowest BCUT2D eigenvalue weighted by atomic mass is 10.2. The summed E-state index contributed by atoms with van der Waals surface area (Å²) in [5, 5.41) is 2.59. The summed E-state index contributed by atoms with van der Waals surface area (Å²) in [4.78, 5) is 9.97. The van der Waals surface area contributed by atoms with E-state index in [4.69, 9.17) is 5.73 Å². The molecule has 0 aromatic heterocycles. The zero-order valence-corrected chi connectivity index (χ0v) is 7.42. The van der Waals surface area contributed by atoms with Gasteiger partial charge in [-0.3, -0.25) is 4.79 Å². The molecule has 0 aliphatic rings. The quantitative estimate of drug-likeness (QED) is 0.450. The summed E-state index contributed by atoms with van der Waals surface area (Å²) in [6, 6.07) is 0. The number of amides is 1. The van der Waals surface area contributed by atoms with E-state index in [1.54, 1.807) is 0 Å². The zero-order chi connectivity index (χ0) is 9.23. The van der Waals surface area contributed by atoms with Gasteiger partial charge >= 0.3 is 0 Å². The second kappa shape index (κ2) is 8.01. The van der Waals surface area contributed by atoms with Gasteiger partial charge in [0.1, 0.15) is 0 Å². The van der Waals surface area contributed by atoms with Gasteiger partial charge in [0.15, 0.2) is 0 Å². The highest BCUT2D eigenvalue weighted by Crippen LogP contribution is 1.95. The van der Waals surface area contributed by atoms with Crippen molar-refractivity contribution < 1.29 is 4.79 Å². The number of allylic oxidation sites excluding steroid dienone is 1. The molecule has 0 aliphatic carbocycles. The van der Waals surface area contributed by atoms with E-state index in [1.807, 2.05) is 25.2 Å². The van der Waals surface area contributed by atoms with E-state index in [0.29, 0.717) is 19.5 Å². The summed E-state index contributed by atoms with van der Waals surface area (Å²) in [7, 11) is 0. The van der Waals surface area contributed by atoms with Crippen molar-refractivity contribution in [1.82, 2.24) is 5.32 Å². The molecule has 68 valence electrons. The first kappa shape index (κ1) is 10.9. The maximum atomic E-state index is 9.97. The molecule has 0 fully saturated rings. The third-order valence-electron chi connectivity index (χ3n) is 1.43. The van der Waals surface area contributed by atoms with Crippen LogP contribution in [0.1, 0.15) is 13.3 Å². The average Bonchev–Trinajstić information content (AvgIpc) is 2.11. The maximum absolute atomic E-state index is 9.97. The fourth-order valence-corrected chi connectivity index (χ4v) is 0.748. The zero-order valence-electron chi connectivity index (χ0n) is 7.42. The number of rotatable bonds is 6. The van der Waals surface area contributed by atoms with E-state index in [0.717, 1.165) is 12.0 Å². The minimum Gasteiger partial charge on any atom is -0.355 e. The average molecular weight is 168 g/mol. The third kappa shape index (κ3) is 5.68. The third-order valence-corrected chi connectivity index (χ3v) is 1.43. The van der Waals surface area contributed by atoms with Crippen LogP contribution < -0.4 is 11.1 Å². The summed E-state index contributed by atoms with van der Waals surface area (Å²) in [6.45, 7) is 3.18. The lowest BCUT2D eigenvalue weighted by Crippen LogP contribution is -2.13. The van der Waals surface area contributed by atoms with Crippen molar-refractivity contribution >= 4 is 6.41 Å². The Morgan fingerprint density at radius 2 is 2.33 bits per heavy atom. The van der Waals surface area contributed by atoms with Crippen LogP contribution in [0.3, 0.4) is 0 Å². The van der Waals surface area contributed by atoms with Gasteiger partial charge in [0.05, 0.1) is 0 Å². The molecule has 0 spiro atoms. The van der Waals surface area contributed by atoms with Crippen LogP contribution in [-0.2, 0) is 4.79 Å². The molecule has 0 rings (SSSR count). The van der Waals surface area contributed by atoms with Crippen molar-refractivity contribution in [2.45, 2.75) is 13.3 Å². The van der Waals surface area contributed by atoms with Crippen LogP contribution in [0, 0.1) is 0 Å². The van der Waals surface area contributed by atoms with E-state index in [2.05, 4.69) is 5.32 Å². The largest absolute Gasteiger partial charge is 0.355 e. The van der Waals surface area contributed by atoms with Crippen molar-refractivity contribution in [2.75, 3.05) is 13.1 Å². The molecule has 0 unspecified atom stereocenters. The van der Waals surface area contributed by atoms with Crippen LogP contribution in [0.4, 0.5) is 0 Å². The smallest absolute Gasteiger partial charge is 0.207 e. The summed E-state index contributed by atoms with van der Waals surface area (Å²) >= 11 is 0. The fraction of sp³-hybridized carbons (Fsp3) is 0.444. The molecule has 0 aromatic rings. The van der Waals surface area contributed by atoms with Gasteiger partial charge in [-0.05, 0) is 25.5 Å². The topological polar surface area (TPSA) is 55.1 Å². The molecule has 0 saturated carbocycles. The summed E-state index contributed by atoms with van der Waals surface area (Å²) in [5.74, 6) is 0. The molecule has 0 atom stereocenters. The Morgan fingerprint density at radius 3 is 2.83 bits per heavy atom. The molecule has 0 heterocycles. The number of nitrogens with two attached hydrogens (primary N) is 1. The molecule has 0 aliphatic heterocycles. The first-order chi connectivity index (χ1) is 5.85. The minimum atomic E-state index is 0.584. The molecule has 1 amide bonds. The van der Waals surface area contributed by atoms with Gasteiger partial charge in [-0.2, -0.15) is 0 Å². The van der Waals surface area contributed by atoms with Crippen molar-refractivity contribution in [2.24, 2.45) is 5.73 Å². The molecular formula is C9H16N2O. The highest BCUT2D eigenvalue weighted by Gasteiger charge is 1.87. The Hall–Kier alpha value is -1.09. The van der Waals surface area contributed by atoms with Gasteiger partial charge in [0.2, 0.25) is 6.41 Å². The molecule has 0 saturated heterocycles. The summed E-state index contributed by atoms with van der Waals surface area (Å²) in [5.41, 5.74) is 6.41. The highest BCUT2D eigenvalue weighted by molar-refractivity contribution is 5.47. The second-order valence-corrected chi connectivity index (χ2v) is 2.34. The monoisotopic (exact) mass is 168 g/mol. The van der Waals surface area contributed by atoms with Crippen molar-refractivity contribution in [3.8, 4) is 0 Å². The highest BCUT2D eigenvalue weighted by atomic mass is 16.1. The van der Waals surface area contributed by atoms with Crippen LogP contribution in [0.15, 0.2) is 23.8 Å². The minimum absolute atomic E-state index is 0.584. The second-order valence-electron chi connectivity index (χ2n) is 2.34. The van der Waals surface area contributed by atoms with Crippen LogP contribution >= 0.6 is 0 Å². The SMILES string of the molecule is C/C=C(\C=C/CCN)CNC=O. The number of hydrogen-bond acceptors (Lipinski definition) is 2. The van der Waals surface area contributed by atoms with Crippen LogP contribution in [-0.4, -0.2) is 19.5 Å². The van der Waals surface area contributed by atoms with Crippen LogP contribution in [0.25, 0.3) is 0 Å². The van der Waals surface area contributed by atoms with E-state index >= 15 is 0 Å². The standard InChI is InChI=1S/C9H16N2O/c1-2-9(7-11-8-12)5-3-4-6-10/h2-3,5,8H,4,6-7,10H2,1H3,(H,11,12)/b5-3-,9-2+. The van der Waals surface area contributed by atoms with Gasteiger partial charge in [-0.15, -0.1) is 0 Å². The summed E-state index contributed by atoms with van der Waals surface area (Å²) < 4.78 is 0. The lowest BCUT2D eigenvalue weighted by Gasteiger charge is -1.98. The molecule has 3 nitrogen and oxygen atoms in total. The first-order valence-electron chi connectivity index (χ1n) is 4.04. The molecule has 3 N–H and O–H groups in total. The fourth-order valence-electron chi connectivity index (χ4n) is 0.748. The Kier molecular flexibility index (Phi) is 7.28. The number of nitrogens with one attached hydrogen (secondary N) is 1. The van der Waals surface area contributed by atoms with Gasteiger partial charge in [0, 0.05) is 6.54 Å². The lowest BCUT2D eigenvalue weighted by molar-refractivity contribution is -0.109. The van der Waals surface area contributed by atoms with Crippen LogP contribution in [0.5, 0.6) is 0 Å². The van der Waals surface area contributed by atoms with E-state index in [9.17, 15) is 4.79 Å². The molecule has 0 radical (unpaired) electrons. The van der Waals surface area contributed by atoms with E-state index in [1.165, 1.54) is 0 Å². The number of carbonyl (C=O) groups excluding carboxylic acids is 1. The summed E-state index contributed by atoms with van der Waals surface area (Å²) in [6.07, 6.45) is 7.51. The van der Waals surface area contributed by atoms with E-state index < -0.39 is 0 Å². The normalized spacial score (nSPS) is 12.0. The molecule has 12 heavy (non-hydrogen) atoms.